The average molecular weight is 306 g/mol. The number of carbonyl (C=O) groups is 1. The van der Waals surface area contributed by atoms with Gasteiger partial charge >= 0.3 is 12.1 Å². The maximum absolute atomic E-state index is 13.1. The number of halogens is 3. The summed E-state index contributed by atoms with van der Waals surface area (Å²) >= 11 is 0. The molecule has 120 valence electrons. The molecule has 0 saturated heterocycles. The van der Waals surface area contributed by atoms with Crippen LogP contribution in [0.25, 0.3) is 0 Å². The van der Waals surface area contributed by atoms with Crippen LogP contribution in [0.5, 0.6) is 0 Å². The first kappa shape index (κ1) is 16.3. The molecule has 2 saturated carbocycles. The summed E-state index contributed by atoms with van der Waals surface area (Å²) in [5.41, 5.74) is -2.84. The number of hydrogen-bond acceptors (Lipinski definition) is 3. The van der Waals surface area contributed by atoms with Crippen LogP contribution in [0.15, 0.2) is 12.2 Å². The molecule has 4 unspecified atom stereocenters. The molecule has 0 aromatic rings. The number of aliphatic hydroxyl groups is 1. The molecular formula is C15H21F3O3. The Morgan fingerprint density at radius 2 is 2.00 bits per heavy atom. The Morgan fingerprint density at radius 1 is 1.38 bits per heavy atom. The molecule has 0 spiro atoms. The molecule has 2 aliphatic rings. The minimum absolute atomic E-state index is 0.0691. The molecule has 2 aliphatic carbocycles. The lowest BCUT2D eigenvalue weighted by Gasteiger charge is -2.39. The van der Waals surface area contributed by atoms with E-state index in [0.29, 0.717) is 12.8 Å². The van der Waals surface area contributed by atoms with Crippen molar-refractivity contribution in [2.75, 3.05) is 6.61 Å². The summed E-state index contributed by atoms with van der Waals surface area (Å²) in [6, 6.07) is 0. The molecule has 0 amide bonds. The molecule has 0 radical (unpaired) electrons. The minimum Gasteiger partial charge on any atom is -0.462 e. The molecule has 2 bridgehead atoms. The third-order valence-electron chi connectivity index (χ3n) is 4.80. The summed E-state index contributed by atoms with van der Waals surface area (Å²) < 4.78 is 44.4. The molecule has 1 N–H and O–H groups in total. The van der Waals surface area contributed by atoms with Gasteiger partial charge in [0.15, 0.2) is 5.60 Å². The fraction of sp³-hybridized carbons (Fsp3) is 0.800. The normalized spacial score (nSPS) is 39.1. The smallest absolute Gasteiger partial charge is 0.417 e. The lowest BCUT2D eigenvalue weighted by Crippen LogP contribution is -2.49. The van der Waals surface area contributed by atoms with Gasteiger partial charge in [-0.25, -0.2) is 4.79 Å². The third-order valence-corrected chi connectivity index (χ3v) is 4.80. The second-order valence-electron chi connectivity index (χ2n) is 7.00. The second-order valence-corrected chi connectivity index (χ2v) is 7.00. The summed E-state index contributed by atoms with van der Waals surface area (Å²) in [5, 5.41) is 10.0. The van der Waals surface area contributed by atoms with Gasteiger partial charge in [-0.3, -0.25) is 0 Å². The average Bonchev–Trinajstić information content (AvgIpc) is 2.57. The van der Waals surface area contributed by atoms with E-state index < -0.39 is 29.1 Å². The van der Waals surface area contributed by atoms with Gasteiger partial charge in [0.25, 0.3) is 0 Å². The number of fused-ring (bicyclic) bond motifs is 2. The van der Waals surface area contributed by atoms with Crippen LogP contribution in [0.3, 0.4) is 0 Å². The Labute approximate surface area is 122 Å². The van der Waals surface area contributed by atoms with Gasteiger partial charge in [-0.1, -0.05) is 13.5 Å². The fourth-order valence-electron chi connectivity index (χ4n) is 3.90. The van der Waals surface area contributed by atoms with Crippen molar-refractivity contribution < 1.29 is 27.8 Å². The van der Waals surface area contributed by atoms with Crippen LogP contribution >= 0.6 is 0 Å². The van der Waals surface area contributed by atoms with Crippen LogP contribution in [0, 0.1) is 17.3 Å². The third kappa shape index (κ3) is 2.96. The fourth-order valence-corrected chi connectivity index (χ4v) is 3.90. The number of alkyl halides is 3. The number of esters is 1. The molecule has 2 rings (SSSR count). The van der Waals surface area contributed by atoms with Gasteiger partial charge in [-0.15, -0.1) is 0 Å². The van der Waals surface area contributed by atoms with Crippen LogP contribution in [-0.4, -0.2) is 29.5 Å². The minimum atomic E-state index is -4.61. The molecule has 6 heteroatoms. The lowest BCUT2D eigenvalue weighted by molar-refractivity contribution is -0.274. The summed E-state index contributed by atoms with van der Waals surface area (Å²) in [4.78, 5) is 11.4. The number of hydrogen-bond donors (Lipinski definition) is 1. The molecule has 0 aromatic carbocycles. The number of ether oxygens (including phenoxy) is 1. The van der Waals surface area contributed by atoms with Crippen LogP contribution < -0.4 is 0 Å². The Bertz CT molecular complexity index is 460. The van der Waals surface area contributed by atoms with E-state index in [1.165, 1.54) is 6.92 Å². The van der Waals surface area contributed by atoms with Gasteiger partial charge in [-0.05, 0) is 44.4 Å². The van der Waals surface area contributed by atoms with Crippen molar-refractivity contribution in [2.24, 2.45) is 17.3 Å². The van der Waals surface area contributed by atoms with Crippen molar-refractivity contribution >= 4 is 5.97 Å². The van der Waals surface area contributed by atoms with Crippen LogP contribution in [-0.2, 0) is 9.53 Å². The Kier molecular flexibility index (Phi) is 3.89. The predicted octanol–water partition coefficient (Wildman–Crippen LogP) is 3.23. The largest absolute Gasteiger partial charge is 0.462 e. The first-order chi connectivity index (χ1) is 9.47. The van der Waals surface area contributed by atoms with Gasteiger partial charge in [-0.2, -0.15) is 13.2 Å². The highest BCUT2D eigenvalue weighted by Crippen LogP contribution is 2.59. The first-order valence-electron chi connectivity index (χ1n) is 7.09. The van der Waals surface area contributed by atoms with E-state index in [9.17, 15) is 23.1 Å². The van der Waals surface area contributed by atoms with Gasteiger partial charge in [0, 0.05) is 11.0 Å². The van der Waals surface area contributed by atoms with Crippen molar-refractivity contribution in [3.05, 3.63) is 12.2 Å². The zero-order valence-electron chi connectivity index (χ0n) is 12.3. The summed E-state index contributed by atoms with van der Waals surface area (Å²) in [6.07, 6.45) is -3.72. The summed E-state index contributed by atoms with van der Waals surface area (Å²) in [6.45, 7) is 6.89. The monoisotopic (exact) mass is 306 g/mol. The SMILES string of the molecule is C=C(C)C(=O)OCC1(C)CC2CC(C1)C(O)(C(F)(F)F)C2. The Hall–Kier alpha value is -1.04. The Balaban J connectivity index is 2.08. The van der Waals surface area contributed by atoms with E-state index in [2.05, 4.69) is 6.58 Å². The molecule has 4 atom stereocenters. The van der Waals surface area contributed by atoms with Gasteiger partial charge in [0.2, 0.25) is 0 Å². The van der Waals surface area contributed by atoms with Crippen molar-refractivity contribution in [3.63, 3.8) is 0 Å². The molecule has 0 aromatic heterocycles. The lowest BCUT2D eigenvalue weighted by atomic mass is 9.69. The van der Waals surface area contributed by atoms with Gasteiger partial charge < -0.3 is 9.84 Å². The molecule has 0 aliphatic heterocycles. The number of carbonyl (C=O) groups excluding carboxylic acids is 1. The van der Waals surface area contributed by atoms with E-state index in [1.54, 1.807) is 0 Å². The van der Waals surface area contributed by atoms with Gasteiger partial charge in [0.1, 0.15) is 0 Å². The Morgan fingerprint density at radius 3 is 2.52 bits per heavy atom. The van der Waals surface area contributed by atoms with Crippen molar-refractivity contribution in [1.29, 1.82) is 0 Å². The van der Waals surface area contributed by atoms with E-state index in [1.807, 2.05) is 6.92 Å². The maximum Gasteiger partial charge on any atom is 0.417 e. The molecule has 0 heterocycles. The maximum atomic E-state index is 13.1. The van der Waals surface area contributed by atoms with E-state index in [0.717, 1.165) is 0 Å². The van der Waals surface area contributed by atoms with Crippen molar-refractivity contribution in [1.82, 2.24) is 0 Å². The van der Waals surface area contributed by atoms with Gasteiger partial charge in [0.05, 0.1) is 6.61 Å². The van der Waals surface area contributed by atoms with Crippen molar-refractivity contribution in [2.45, 2.75) is 51.3 Å². The van der Waals surface area contributed by atoms with Crippen LogP contribution in [0.4, 0.5) is 13.2 Å². The molecule has 3 nitrogen and oxygen atoms in total. The highest BCUT2D eigenvalue weighted by Gasteiger charge is 2.65. The molecule has 2 fully saturated rings. The summed E-state index contributed by atoms with van der Waals surface area (Å²) in [5.74, 6) is -1.52. The second kappa shape index (κ2) is 5.00. The standard InChI is InChI=1S/C15H21F3O3/c1-9(2)12(19)21-8-13(3)5-10-4-11(7-13)14(20,6-10)15(16,17)18/h10-11,20H,1,4-8H2,2-3H3. The topological polar surface area (TPSA) is 46.5 Å². The summed E-state index contributed by atoms with van der Waals surface area (Å²) in [7, 11) is 0. The predicted molar refractivity (Wildman–Crippen MR) is 70.3 cm³/mol. The van der Waals surface area contributed by atoms with Crippen LogP contribution in [0.1, 0.15) is 39.5 Å². The molecular weight excluding hydrogens is 285 g/mol. The van der Waals surface area contributed by atoms with Crippen molar-refractivity contribution in [3.8, 4) is 0 Å². The van der Waals surface area contributed by atoms with E-state index in [-0.39, 0.29) is 30.9 Å². The zero-order valence-corrected chi connectivity index (χ0v) is 12.3. The number of rotatable bonds is 3. The highest BCUT2D eigenvalue weighted by molar-refractivity contribution is 5.86. The van der Waals surface area contributed by atoms with E-state index >= 15 is 0 Å². The molecule has 21 heavy (non-hydrogen) atoms. The van der Waals surface area contributed by atoms with Crippen LogP contribution in [0.2, 0.25) is 0 Å². The zero-order chi connectivity index (χ0) is 16.1. The first-order valence-corrected chi connectivity index (χ1v) is 7.09. The van der Waals surface area contributed by atoms with E-state index in [4.69, 9.17) is 4.74 Å². The quantitative estimate of drug-likeness (QED) is 0.643. The highest BCUT2D eigenvalue weighted by atomic mass is 19.4.